The first kappa shape index (κ1) is 28.2. The molecule has 0 bridgehead atoms. The van der Waals surface area contributed by atoms with Crippen molar-refractivity contribution in [1.29, 1.82) is 0 Å². The molecule has 2 aromatic heterocycles. The van der Waals surface area contributed by atoms with Gasteiger partial charge in [-0.2, -0.15) is 30.0 Å². The van der Waals surface area contributed by atoms with Crippen LogP contribution in [0.15, 0.2) is 27.6 Å². The largest absolute Gasteiger partial charge is 0.503 e. The van der Waals surface area contributed by atoms with Gasteiger partial charge in [-0.15, -0.1) is 15.6 Å². The Kier molecular flexibility index (Phi) is 8.03. The number of nitrogens with zero attached hydrogens (tertiary/aromatic N) is 4. The van der Waals surface area contributed by atoms with Gasteiger partial charge >= 0.3 is 10.4 Å². The fourth-order valence-electron chi connectivity index (χ4n) is 3.23. The second-order valence-corrected chi connectivity index (χ2v) is 10.9. The van der Waals surface area contributed by atoms with E-state index >= 15 is 0 Å². The quantitative estimate of drug-likeness (QED) is 0.0786. The molecule has 16 nitrogen and oxygen atoms in total. The number of aromatic nitrogens is 2. The minimum absolute atomic E-state index is 0.0226. The molecular formula is C18H22N6O10S3. The lowest BCUT2D eigenvalue weighted by Crippen LogP contribution is -2.76. The van der Waals surface area contributed by atoms with E-state index in [9.17, 15) is 33.1 Å². The zero-order valence-electron chi connectivity index (χ0n) is 19.4. The number of carbonyl (C=O) groups excluding carboxylic acids is 2. The van der Waals surface area contributed by atoms with Crippen molar-refractivity contribution in [1.82, 2.24) is 20.1 Å². The van der Waals surface area contributed by atoms with Crippen LogP contribution in [0.2, 0.25) is 0 Å². The van der Waals surface area contributed by atoms with Crippen molar-refractivity contribution in [3.63, 3.8) is 0 Å². The molecule has 0 spiro atoms. The average molecular weight is 579 g/mol. The van der Waals surface area contributed by atoms with Crippen molar-refractivity contribution in [2.75, 3.05) is 17.7 Å². The second-order valence-electron chi connectivity index (χ2n) is 8.05. The molecule has 1 saturated heterocycles. The van der Waals surface area contributed by atoms with Gasteiger partial charge in [0.25, 0.3) is 11.8 Å². The van der Waals surface area contributed by atoms with Crippen LogP contribution in [0.4, 0.5) is 5.13 Å². The number of nitrogens with one attached hydrogen (secondary N) is 1. The maximum atomic E-state index is 13.1. The van der Waals surface area contributed by atoms with E-state index in [-0.39, 0.29) is 22.3 Å². The van der Waals surface area contributed by atoms with Gasteiger partial charge in [0.15, 0.2) is 22.7 Å². The smallest absolute Gasteiger partial charge is 0.418 e. The van der Waals surface area contributed by atoms with Crippen molar-refractivity contribution in [3.8, 4) is 5.75 Å². The molecule has 0 unspecified atom stereocenters. The Hall–Kier alpha value is -3.39. The number of anilines is 1. The molecule has 2 aromatic rings. The molecule has 1 aliphatic rings. The van der Waals surface area contributed by atoms with Gasteiger partial charge in [0.2, 0.25) is 5.43 Å². The summed E-state index contributed by atoms with van der Waals surface area (Å²) in [6.45, 7) is 2.75. The van der Waals surface area contributed by atoms with Crippen molar-refractivity contribution < 1.29 is 42.0 Å². The van der Waals surface area contributed by atoms with E-state index in [0.29, 0.717) is 9.79 Å². The Morgan fingerprint density at radius 1 is 1.43 bits per heavy atom. The molecule has 2 atom stereocenters. The van der Waals surface area contributed by atoms with Gasteiger partial charge in [-0.3, -0.25) is 18.9 Å². The fourth-order valence-corrected chi connectivity index (χ4v) is 4.76. The van der Waals surface area contributed by atoms with Crippen LogP contribution in [0.25, 0.3) is 0 Å². The number of thioether (sulfide) groups is 1. The van der Waals surface area contributed by atoms with Crippen molar-refractivity contribution >= 4 is 56.2 Å². The molecule has 1 aliphatic heterocycles. The Balaban J connectivity index is 1.90. The van der Waals surface area contributed by atoms with E-state index < -0.39 is 56.8 Å². The number of hydrogen-bond donors (Lipinski definition) is 5. The zero-order chi connectivity index (χ0) is 27.7. The maximum absolute atomic E-state index is 13.1. The Labute approximate surface area is 217 Å². The second kappa shape index (κ2) is 10.5. The molecule has 2 amide bonds. The van der Waals surface area contributed by atoms with E-state index in [1.54, 1.807) is 6.26 Å². The summed E-state index contributed by atoms with van der Waals surface area (Å²) in [7, 11) is -4.99. The van der Waals surface area contributed by atoms with E-state index in [2.05, 4.69) is 19.7 Å². The molecule has 0 radical (unpaired) electrons. The minimum atomic E-state index is -4.99. The molecular weight excluding hydrogens is 556 g/mol. The number of oxime groups is 1. The molecule has 0 aromatic carbocycles. The summed E-state index contributed by atoms with van der Waals surface area (Å²) in [5.74, 6) is -2.48. The number of nitrogens with two attached hydrogens (primary N) is 1. The molecule has 0 aliphatic carbocycles. The van der Waals surface area contributed by atoms with Crippen LogP contribution < -0.4 is 16.5 Å². The predicted octanol–water partition coefficient (Wildman–Crippen LogP) is -0.505. The van der Waals surface area contributed by atoms with Crippen LogP contribution in [-0.4, -0.2) is 79.2 Å². The van der Waals surface area contributed by atoms with Crippen LogP contribution in [-0.2, 0) is 29.1 Å². The number of hydrogen-bond acceptors (Lipinski definition) is 14. The van der Waals surface area contributed by atoms with E-state index in [4.69, 9.17) is 15.1 Å². The van der Waals surface area contributed by atoms with Crippen molar-refractivity contribution in [2.45, 2.75) is 31.5 Å². The number of amides is 2. The third-order valence-electron chi connectivity index (χ3n) is 5.06. The molecule has 37 heavy (non-hydrogen) atoms. The Bertz CT molecular complexity index is 1400. The van der Waals surface area contributed by atoms with Gasteiger partial charge in [0.1, 0.15) is 17.4 Å². The highest BCUT2D eigenvalue weighted by atomic mass is 32.3. The molecule has 6 N–H and O–H groups in total. The van der Waals surface area contributed by atoms with Gasteiger partial charge in [0.05, 0.1) is 11.7 Å². The normalized spacial score (nSPS) is 18.3. The summed E-state index contributed by atoms with van der Waals surface area (Å²) < 4.78 is 35.6. The van der Waals surface area contributed by atoms with E-state index in [1.165, 1.54) is 31.0 Å². The minimum Gasteiger partial charge on any atom is -0.503 e. The van der Waals surface area contributed by atoms with E-state index in [0.717, 1.165) is 23.6 Å². The summed E-state index contributed by atoms with van der Waals surface area (Å²) in [5, 5.41) is 27.7. The van der Waals surface area contributed by atoms with Gasteiger partial charge in [-0.1, -0.05) is 5.16 Å². The predicted molar refractivity (Wildman–Crippen MR) is 130 cm³/mol. The average Bonchev–Trinajstić information content (AvgIpc) is 3.22. The van der Waals surface area contributed by atoms with Gasteiger partial charge in [0, 0.05) is 17.2 Å². The number of β-lactam (4-membered cyclic amide) rings is 1. The third-order valence-corrected chi connectivity index (χ3v) is 6.71. The molecule has 0 saturated carbocycles. The topological polar surface area (TPSA) is 236 Å². The first-order chi connectivity index (χ1) is 17.2. The van der Waals surface area contributed by atoms with Crippen LogP contribution in [0.3, 0.4) is 0 Å². The summed E-state index contributed by atoms with van der Waals surface area (Å²) in [6, 6.07) is -0.351. The van der Waals surface area contributed by atoms with Crippen LogP contribution in [0.1, 0.15) is 31.3 Å². The lowest BCUT2D eigenvalue weighted by atomic mass is 9.84. The molecule has 3 heterocycles. The summed E-state index contributed by atoms with van der Waals surface area (Å²) in [5.41, 5.74) is 2.96. The first-order valence-corrected chi connectivity index (χ1v) is 13.7. The molecule has 202 valence electrons. The van der Waals surface area contributed by atoms with E-state index in [1.807, 2.05) is 0 Å². The van der Waals surface area contributed by atoms with Crippen molar-refractivity contribution in [3.05, 3.63) is 39.3 Å². The number of nitrogen functional groups attached to an aromatic ring is 1. The first-order valence-electron chi connectivity index (χ1n) is 10.1. The number of carbonyl (C=O) groups is 2. The molecule has 3 rings (SSSR count). The standard InChI is InChI=1S/C18H22N6O10S3/c1-18(2)14(16(28)24(18)34-37(30,31)32)21-15(27)13(8-6-36-17(19)20-8)22-33-12(7-35-3)9-4-10(25)11(26)5-23(9)29/h4-6,12,14,26,29H,7H2,1-3H3,(H2,19,20)(H,21,27)(H,30,31,32)/b22-13-/t12-,14+/m0/s1. The lowest BCUT2D eigenvalue weighted by molar-refractivity contribution is -0.218. The highest BCUT2D eigenvalue weighted by molar-refractivity contribution is 7.98. The molecule has 1 fully saturated rings. The van der Waals surface area contributed by atoms with Gasteiger partial charge < -0.3 is 26.2 Å². The number of rotatable bonds is 10. The highest BCUT2D eigenvalue weighted by Crippen LogP contribution is 2.33. The Morgan fingerprint density at radius 2 is 2.11 bits per heavy atom. The summed E-state index contributed by atoms with van der Waals surface area (Å²) >= 11 is 2.25. The Morgan fingerprint density at radius 3 is 2.65 bits per heavy atom. The fraction of sp³-hybridized carbons (Fsp3) is 0.389. The van der Waals surface area contributed by atoms with Crippen LogP contribution in [0.5, 0.6) is 5.75 Å². The summed E-state index contributed by atoms with van der Waals surface area (Å²) in [6.07, 6.45) is 1.41. The highest BCUT2D eigenvalue weighted by Gasteiger charge is 2.58. The third kappa shape index (κ3) is 6.13. The lowest BCUT2D eigenvalue weighted by Gasteiger charge is -2.50. The number of hydroxylamine groups is 2. The zero-order valence-corrected chi connectivity index (χ0v) is 21.8. The van der Waals surface area contributed by atoms with Gasteiger partial charge in [-0.05, 0) is 20.1 Å². The number of aromatic hydroxyl groups is 1. The number of thiazole rings is 1. The monoisotopic (exact) mass is 578 g/mol. The summed E-state index contributed by atoms with van der Waals surface area (Å²) in [4.78, 5) is 46.9. The van der Waals surface area contributed by atoms with Crippen molar-refractivity contribution in [2.24, 2.45) is 5.16 Å². The van der Waals surface area contributed by atoms with Crippen LogP contribution in [0, 0.1) is 0 Å². The van der Waals surface area contributed by atoms with Gasteiger partial charge in [-0.25, -0.2) is 4.98 Å². The molecule has 19 heteroatoms. The van der Waals surface area contributed by atoms with Crippen LogP contribution >= 0.6 is 23.1 Å². The number of pyridine rings is 1. The SMILES string of the molecule is CSC[C@H](O/N=C(\C(=O)N[C@@H]1C(=O)N(OS(=O)(=O)O)C1(C)C)c1csc(N)n1)c1cc(=O)c(O)cn1O. The maximum Gasteiger partial charge on any atom is 0.418 e.